The minimum Gasteiger partial charge on any atom is -0.490 e. The monoisotopic (exact) mass is 234 g/mol. The van der Waals surface area contributed by atoms with Gasteiger partial charge >= 0.3 is 0 Å². The number of alkyl halides is 1. The highest BCUT2D eigenvalue weighted by molar-refractivity contribution is 5.21. The third kappa shape index (κ3) is 4.22. The van der Waals surface area contributed by atoms with E-state index < -0.39 is 6.17 Å². The number of rotatable bonds is 5. The van der Waals surface area contributed by atoms with Crippen LogP contribution >= 0.6 is 0 Å². The SMILES string of the molecule is FC(/C=C/C1CCCC1)COc1ccccc1. The molecule has 1 atom stereocenters. The molecular weight excluding hydrogens is 215 g/mol. The fraction of sp³-hybridized carbons (Fsp3) is 0.467. The van der Waals surface area contributed by atoms with E-state index in [0.717, 1.165) is 5.75 Å². The number of hydrogen-bond donors (Lipinski definition) is 0. The zero-order valence-electron chi connectivity index (χ0n) is 10.0. The van der Waals surface area contributed by atoms with Crippen LogP contribution in [0.3, 0.4) is 0 Å². The van der Waals surface area contributed by atoms with Crippen molar-refractivity contribution in [2.45, 2.75) is 31.9 Å². The molecule has 0 radical (unpaired) electrons. The number of halogens is 1. The van der Waals surface area contributed by atoms with Gasteiger partial charge in [0.25, 0.3) is 0 Å². The smallest absolute Gasteiger partial charge is 0.152 e. The average Bonchev–Trinajstić information content (AvgIpc) is 2.88. The fourth-order valence-electron chi connectivity index (χ4n) is 2.18. The highest BCUT2D eigenvalue weighted by Crippen LogP contribution is 2.25. The van der Waals surface area contributed by atoms with Crippen LogP contribution in [-0.2, 0) is 0 Å². The van der Waals surface area contributed by atoms with Crippen LogP contribution in [0.1, 0.15) is 25.7 Å². The van der Waals surface area contributed by atoms with Crippen molar-refractivity contribution >= 4 is 0 Å². The maximum absolute atomic E-state index is 13.5. The van der Waals surface area contributed by atoms with E-state index in [0.29, 0.717) is 5.92 Å². The summed E-state index contributed by atoms with van der Waals surface area (Å²) in [5, 5.41) is 0. The van der Waals surface area contributed by atoms with Crippen molar-refractivity contribution in [2.75, 3.05) is 6.61 Å². The van der Waals surface area contributed by atoms with E-state index >= 15 is 0 Å². The third-order valence-electron chi connectivity index (χ3n) is 3.14. The van der Waals surface area contributed by atoms with Crippen molar-refractivity contribution in [1.29, 1.82) is 0 Å². The van der Waals surface area contributed by atoms with Crippen molar-refractivity contribution < 1.29 is 9.13 Å². The molecule has 1 unspecified atom stereocenters. The molecule has 0 spiro atoms. The van der Waals surface area contributed by atoms with Crippen molar-refractivity contribution in [3.63, 3.8) is 0 Å². The van der Waals surface area contributed by atoms with E-state index in [-0.39, 0.29) is 6.61 Å². The molecule has 17 heavy (non-hydrogen) atoms. The predicted molar refractivity (Wildman–Crippen MR) is 67.9 cm³/mol. The fourth-order valence-corrected chi connectivity index (χ4v) is 2.18. The Morgan fingerprint density at radius 3 is 2.65 bits per heavy atom. The van der Waals surface area contributed by atoms with E-state index in [9.17, 15) is 4.39 Å². The predicted octanol–water partition coefficient (Wildman–Crippen LogP) is 4.15. The summed E-state index contributed by atoms with van der Waals surface area (Å²) < 4.78 is 18.9. The van der Waals surface area contributed by atoms with Gasteiger partial charge in [-0.05, 0) is 30.9 Å². The van der Waals surface area contributed by atoms with E-state index in [2.05, 4.69) is 0 Å². The van der Waals surface area contributed by atoms with Crippen LogP contribution in [0.5, 0.6) is 5.75 Å². The largest absolute Gasteiger partial charge is 0.490 e. The highest BCUT2D eigenvalue weighted by Gasteiger charge is 2.12. The van der Waals surface area contributed by atoms with Gasteiger partial charge in [-0.2, -0.15) is 0 Å². The zero-order chi connectivity index (χ0) is 11.9. The molecule has 1 aromatic rings. The molecule has 0 saturated heterocycles. The number of benzene rings is 1. The van der Waals surface area contributed by atoms with E-state index in [1.165, 1.54) is 25.7 Å². The van der Waals surface area contributed by atoms with Crippen LogP contribution in [0, 0.1) is 5.92 Å². The van der Waals surface area contributed by atoms with Gasteiger partial charge in [-0.1, -0.05) is 43.2 Å². The molecule has 1 saturated carbocycles. The standard InChI is InChI=1S/C15H19FO/c16-14(11-10-13-6-4-5-7-13)12-17-15-8-2-1-3-9-15/h1-3,8-11,13-14H,4-7,12H2/b11-10+. The van der Waals surface area contributed by atoms with Gasteiger partial charge in [-0.3, -0.25) is 0 Å². The molecule has 0 amide bonds. The van der Waals surface area contributed by atoms with Gasteiger partial charge in [0.1, 0.15) is 12.4 Å². The Morgan fingerprint density at radius 1 is 1.24 bits per heavy atom. The van der Waals surface area contributed by atoms with Gasteiger partial charge in [-0.15, -0.1) is 0 Å². The lowest BCUT2D eigenvalue weighted by molar-refractivity contribution is 0.228. The molecule has 92 valence electrons. The maximum atomic E-state index is 13.5. The Morgan fingerprint density at radius 2 is 1.94 bits per heavy atom. The van der Waals surface area contributed by atoms with Crippen LogP contribution in [0.25, 0.3) is 0 Å². The van der Waals surface area contributed by atoms with Crippen LogP contribution < -0.4 is 4.74 Å². The number of hydrogen-bond acceptors (Lipinski definition) is 1. The first-order chi connectivity index (χ1) is 8.34. The Balaban J connectivity index is 1.71. The first-order valence-electron chi connectivity index (χ1n) is 6.35. The molecule has 2 rings (SSSR count). The molecule has 2 heteroatoms. The van der Waals surface area contributed by atoms with Crippen molar-refractivity contribution in [1.82, 2.24) is 0 Å². The van der Waals surface area contributed by atoms with E-state index in [1.54, 1.807) is 6.08 Å². The summed E-state index contributed by atoms with van der Waals surface area (Å²) in [4.78, 5) is 0. The van der Waals surface area contributed by atoms with Gasteiger partial charge < -0.3 is 4.74 Å². The van der Waals surface area contributed by atoms with Gasteiger partial charge in [0.05, 0.1) is 0 Å². The molecule has 0 heterocycles. The lowest BCUT2D eigenvalue weighted by Gasteiger charge is -2.08. The van der Waals surface area contributed by atoms with Gasteiger partial charge in [0, 0.05) is 0 Å². The molecular formula is C15H19FO. The molecule has 0 N–H and O–H groups in total. The Labute approximate surface area is 102 Å². The quantitative estimate of drug-likeness (QED) is 0.695. The maximum Gasteiger partial charge on any atom is 0.152 e. The van der Waals surface area contributed by atoms with E-state index in [1.807, 2.05) is 36.4 Å². The first-order valence-corrected chi connectivity index (χ1v) is 6.35. The Hall–Kier alpha value is -1.31. The summed E-state index contributed by atoms with van der Waals surface area (Å²) >= 11 is 0. The van der Waals surface area contributed by atoms with Crippen LogP contribution in [0.4, 0.5) is 4.39 Å². The van der Waals surface area contributed by atoms with Gasteiger partial charge in [0.2, 0.25) is 0 Å². The lowest BCUT2D eigenvalue weighted by Crippen LogP contribution is -2.10. The first kappa shape index (κ1) is 12.2. The summed E-state index contributed by atoms with van der Waals surface area (Å²) in [6, 6.07) is 9.37. The van der Waals surface area contributed by atoms with Crippen molar-refractivity contribution in [2.24, 2.45) is 5.92 Å². The molecule has 1 nitrogen and oxygen atoms in total. The minimum absolute atomic E-state index is 0.104. The molecule has 1 aliphatic rings. The van der Waals surface area contributed by atoms with Gasteiger partial charge in [0.15, 0.2) is 6.17 Å². The molecule has 1 fully saturated rings. The summed E-state index contributed by atoms with van der Waals surface area (Å²) in [5.41, 5.74) is 0. The summed E-state index contributed by atoms with van der Waals surface area (Å²) in [6.45, 7) is 0.104. The lowest BCUT2D eigenvalue weighted by atomic mass is 10.1. The van der Waals surface area contributed by atoms with Crippen LogP contribution in [0.2, 0.25) is 0 Å². The van der Waals surface area contributed by atoms with Crippen molar-refractivity contribution in [3.05, 3.63) is 42.5 Å². The molecule has 1 aromatic carbocycles. The summed E-state index contributed by atoms with van der Waals surface area (Å²) in [6.07, 6.45) is 7.66. The summed E-state index contributed by atoms with van der Waals surface area (Å²) in [5.74, 6) is 1.31. The number of ether oxygens (including phenoxy) is 1. The molecule has 0 aromatic heterocycles. The highest BCUT2D eigenvalue weighted by atomic mass is 19.1. The van der Waals surface area contributed by atoms with Crippen LogP contribution in [-0.4, -0.2) is 12.8 Å². The Kier molecular flexibility index (Phi) is 4.60. The number of para-hydroxylation sites is 1. The molecule has 0 aliphatic heterocycles. The minimum atomic E-state index is -1.00. The zero-order valence-corrected chi connectivity index (χ0v) is 10.0. The van der Waals surface area contributed by atoms with Crippen molar-refractivity contribution in [3.8, 4) is 5.75 Å². The number of allylic oxidation sites excluding steroid dienone is 1. The second-order valence-corrected chi connectivity index (χ2v) is 4.57. The van der Waals surface area contributed by atoms with E-state index in [4.69, 9.17) is 4.74 Å². The summed E-state index contributed by atoms with van der Waals surface area (Å²) in [7, 11) is 0. The molecule has 0 bridgehead atoms. The third-order valence-corrected chi connectivity index (χ3v) is 3.14. The second kappa shape index (κ2) is 6.43. The molecule has 1 aliphatic carbocycles. The topological polar surface area (TPSA) is 9.23 Å². The Bertz CT molecular complexity index is 341. The van der Waals surface area contributed by atoms with Gasteiger partial charge in [-0.25, -0.2) is 4.39 Å². The van der Waals surface area contributed by atoms with Crippen LogP contribution in [0.15, 0.2) is 42.5 Å². The second-order valence-electron chi connectivity index (χ2n) is 4.57. The normalized spacial score (nSPS) is 18.6. The average molecular weight is 234 g/mol.